The van der Waals surface area contributed by atoms with E-state index in [0.29, 0.717) is 46.9 Å². The lowest BCUT2D eigenvalue weighted by atomic mass is 10.1. The van der Waals surface area contributed by atoms with Gasteiger partial charge in [0, 0.05) is 18.7 Å². The number of ether oxygens (including phenoxy) is 1. The summed E-state index contributed by atoms with van der Waals surface area (Å²) in [5, 5.41) is 10.0. The maximum absolute atomic E-state index is 13.2. The summed E-state index contributed by atoms with van der Waals surface area (Å²) in [5.41, 5.74) is 4.11. The van der Waals surface area contributed by atoms with Crippen molar-refractivity contribution in [3.8, 4) is 5.75 Å². The molecule has 30 heavy (non-hydrogen) atoms. The van der Waals surface area contributed by atoms with Gasteiger partial charge >= 0.3 is 5.97 Å². The quantitative estimate of drug-likeness (QED) is 0.307. The van der Waals surface area contributed by atoms with E-state index in [0.717, 1.165) is 0 Å². The molecule has 0 aliphatic heterocycles. The van der Waals surface area contributed by atoms with Crippen molar-refractivity contribution in [2.45, 2.75) is 50.6 Å². The lowest BCUT2D eigenvalue weighted by Crippen LogP contribution is -2.23. The van der Waals surface area contributed by atoms with Gasteiger partial charge in [0.05, 0.1) is 18.0 Å². The van der Waals surface area contributed by atoms with Crippen molar-refractivity contribution in [3.05, 3.63) is 63.4 Å². The number of carboxylic acids is 1. The van der Waals surface area contributed by atoms with E-state index in [4.69, 9.17) is 14.8 Å². The second-order valence-corrected chi connectivity index (χ2v) is 8.25. The molecule has 2 aromatic carbocycles. The van der Waals surface area contributed by atoms with Gasteiger partial charge in [-0.15, -0.1) is 0 Å². The molecule has 0 fully saturated rings. The molecule has 0 radical (unpaired) electrons. The fraction of sp³-hybridized carbons (Fsp3) is 0.348. The number of unbranched alkanes of at least 4 members (excludes halogenated alkanes) is 1. The van der Waals surface area contributed by atoms with E-state index in [9.17, 15) is 9.59 Å². The van der Waals surface area contributed by atoms with E-state index in [2.05, 4.69) is 32.0 Å². The summed E-state index contributed by atoms with van der Waals surface area (Å²) >= 11 is 1.53. The van der Waals surface area contributed by atoms with Gasteiger partial charge in [0.1, 0.15) is 5.75 Å². The third-order valence-electron chi connectivity index (χ3n) is 5.01. The maximum Gasteiger partial charge on any atom is 0.303 e. The number of aryl methyl sites for hydroxylation is 2. The minimum atomic E-state index is -0.826. The molecule has 0 saturated carbocycles. The third kappa shape index (κ3) is 5.21. The van der Waals surface area contributed by atoms with Crippen LogP contribution in [0, 0.1) is 13.8 Å². The molecule has 0 atom stereocenters. The topological polar surface area (TPSA) is 81.4 Å². The Bertz CT molecular complexity index is 1120. The monoisotopic (exact) mass is 426 g/mol. The van der Waals surface area contributed by atoms with Crippen LogP contribution in [0.3, 0.4) is 0 Å². The molecule has 1 N–H and O–H groups in total. The van der Waals surface area contributed by atoms with Crippen molar-refractivity contribution in [3.63, 3.8) is 0 Å². The van der Waals surface area contributed by atoms with Crippen LogP contribution in [0.15, 0.2) is 46.3 Å². The van der Waals surface area contributed by atoms with Crippen molar-refractivity contribution >= 4 is 28.6 Å². The first-order valence-electron chi connectivity index (χ1n) is 9.88. The predicted octanol–water partition coefficient (Wildman–Crippen LogP) is 4.57. The van der Waals surface area contributed by atoms with Gasteiger partial charge in [0.15, 0.2) is 5.16 Å². The van der Waals surface area contributed by atoms with E-state index < -0.39 is 5.97 Å². The number of thioether (sulfide) groups is 1. The number of nitrogens with zero attached hydrogens (tertiary/aromatic N) is 2. The van der Waals surface area contributed by atoms with Crippen LogP contribution in [0.5, 0.6) is 5.75 Å². The van der Waals surface area contributed by atoms with Crippen molar-refractivity contribution in [1.29, 1.82) is 0 Å². The summed E-state index contributed by atoms with van der Waals surface area (Å²) in [4.78, 5) is 28.8. The van der Waals surface area contributed by atoms with Crippen LogP contribution < -0.4 is 10.3 Å². The first kappa shape index (κ1) is 21.9. The third-order valence-corrected chi connectivity index (χ3v) is 6.04. The van der Waals surface area contributed by atoms with Crippen LogP contribution in [0.2, 0.25) is 0 Å². The molecule has 7 heteroatoms. The molecular weight excluding hydrogens is 400 g/mol. The van der Waals surface area contributed by atoms with Gasteiger partial charge in [-0.05, 0) is 56.0 Å². The van der Waals surface area contributed by atoms with Gasteiger partial charge < -0.3 is 9.84 Å². The van der Waals surface area contributed by atoms with Crippen LogP contribution in [0.1, 0.15) is 36.0 Å². The zero-order valence-corrected chi connectivity index (χ0v) is 18.3. The van der Waals surface area contributed by atoms with Crippen molar-refractivity contribution in [2.24, 2.45) is 0 Å². The molecule has 0 spiro atoms. The van der Waals surface area contributed by atoms with Gasteiger partial charge in [-0.1, -0.05) is 35.5 Å². The molecule has 0 bridgehead atoms. The first-order chi connectivity index (χ1) is 14.4. The Balaban J connectivity index is 1.95. The molecule has 0 aliphatic carbocycles. The zero-order chi connectivity index (χ0) is 21.7. The summed E-state index contributed by atoms with van der Waals surface area (Å²) in [6.07, 6.45) is 1.20. The van der Waals surface area contributed by atoms with E-state index in [1.165, 1.54) is 28.5 Å². The summed E-state index contributed by atoms with van der Waals surface area (Å²) < 4.78 is 6.92. The fourth-order valence-electron chi connectivity index (χ4n) is 3.26. The Morgan fingerprint density at radius 1 is 1.17 bits per heavy atom. The molecular formula is C23H26N2O4S. The Morgan fingerprint density at radius 2 is 1.97 bits per heavy atom. The SMILES string of the molecule is COc1ccc2nc(SCc3cc(C)ccc3C)n(CCCCC(=O)O)c(=O)c2c1. The molecule has 158 valence electrons. The minimum Gasteiger partial charge on any atom is -0.497 e. The highest BCUT2D eigenvalue weighted by atomic mass is 32.2. The number of aliphatic carboxylic acids is 1. The largest absolute Gasteiger partial charge is 0.497 e. The number of aromatic nitrogens is 2. The Labute approximate surface area is 179 Å². The second kappa shape index (κ2) is 9.80. The molecule has 3 aromatic rings. The van der Waals surface area contributed by atoms with E-state index in [1.54, 1.807) is 29.9 Å². The van der Waals surface area contributed by atoms with Gasteiger partial charge in [-0.25, -0.2) is 4.98 Å². The normalized spacial score (nSPS) is 11.0. The van der Waals surface area contributed by atoms with Crippen LogP contribution in [0.25, 0.3) is 10.9 Å². The van der Waals surface area contributed by atoms with Crippen molar-refractivity contribution in [1.82, 2.24) is 9.55 Å². The van der Waals surface area contributed by atoms with Gasteiger partial charge in [-0.2, -0.15) is 0 Å². The number of methoxy groups -OCH3 is 1. The van der Waals surface area contributed by atoms with Gasteiger partial charge in [0.2, 0.25) is 0 Å². The van der Waals surface area contributed by atoms with E-state index in [-0.39, 0.29) is 12.0 Å². The first-order valence-corrected chi connectivity index (χ1v) is 10.9. The lowest BCUT2D eigenvalue weighted by molar-refractivity contribution is -0.137. The average Bonchev–Trinajstić information content (AvgIpc) is 2.72. The van der Waals surface area contributed by atoms with Gasteiger partial charge in [0.25, 0.3) is 5.56 Å². The summed E-state index contributed by atoms with van der Waals surface area (Å²) in [6.45, 7) is 4.57. The van der Waals surface area contributed by atoms with E-state index >= 15 is 0 Å². The summed E-state index contributed by atoms with van der Waals surface area (Å²) in [6, 6.07) is 11.6. The smallest absolute Gasteiger partial charge is 0.303 e. The molecule has 0 saturated heterocycles. The number of hydrogen-bond acceptors (Lipinski definition) is 5. The van der Waals surface area contributed by atoms with Crippen LogP contribution in [-0.4, -0.2) is 27.7 Å². The highest BCUT2D eigenvalue weighted by Gasteiger charge is 2.13. The zero-order valence-electron chi connectivity index (χ0n) is 17.5. The highest BCUT2D eigenvalue weighted by molar-refractivity contribution is 7.98. The van der Waals surface area contributed by atoms with Crippen molar-refractivity contribution in [2.75, 3.05) is 7.11 Å². The molecule has 0 amide bonds. The van der Waals surface area contributed by atoms with Crippen LogP contribution in [-0.2, 0) is 17.1 Å². The van der Waals surface area contributed by atoms with Crippen molar-refractivity contribution < 1.29 is 14.6 Å². The summed E-state index contributed by atoms with van der Waals surface area (Å²) in [7, 11) is 1.56. The summed E-state index contributed by atoms with van der Waals surface area (Å²) in [5.74, 6) is 0.486. The lowest BCUT2D eigenvalue weighted by Gasteiger charge is -2.14. The second-order valence-electron chi connectivity index (χ2n) is 7.30. The fourth-order valence-corrected chi connectivity index (χ4v) is 4.35. The molecule has 0 aliphatic rings. The Hall–Kier alpha value is -2.80. The minimum absolute atomic E-state index is 0.0918. The molecule has 0 unspecified atom stereocenters. The Kier molecular flexibility index (Phi) is 7.15. The van der Waals surface area contributed by atoms with Gasteiger partial charge in [-0.3, -0.25) is 14.2 Å². The maximum atomic E-state index is 13.2. The molecule has 1 aromatic heterocycles. The van der Waals surface area contributed by atoms with Crippen LogP contribution >= 0.6 is 11.8 Å². The average molecular weight is 427 g/mol. The molecule has 6 nitrogen and oxygen atoms in total. The molecule has 3 rings (SSSR count). The Morgan fingerprint density at radius 3 is 2.70 bits per heavy atom. The highest BCUT2D eigenvalue weighted by Crippen LogP contribution is 2.26. The number of carboxylic acid groups (broad SMARTS) is 1. The predicted molar refractivity (Wildman–Crippen MR) is 120 cm³/mol. The van der Waals surface area contributed by atoms with Crippen LogP contribution in [0.4, 0.5) is 0 Å². The number of carbonyl (C=O) groups is 1. The number of hydrogen-bond donors (Lipinski definition) is 1. The van der Waals surface area contributed by atoms with E-state index in [1.807, 2.05) is 0 Å². The standard InChI is InChI=1S/C23H26N2O4S/c1-15-7-8-16(2)17(12-15)14-30-23-24-20-10-9-18(29-3)13-19(20)22(28)25(23)11-5-4-6-21(26)27/h7-10,12-13H,4-6,11,14H2,1-3H3,(H,26,27). The molecule has 1 heterocycles. The number of rotatable bonds is 9. The number of fused-ring (bicyclic) bond motifs is 1. The number of benzene rings is 2.